The Balaban J connectivity index is 1.36. The third kappa shape index (κ3) is 5.10. The standard InChI is InChI=1S/C32H34N2O5/c33-30(35)19-27(34-31(36)25-16-20-8-4-5-9-21(20)17-26(25)32(34)37)22-14-15-28(38-23-10-2-1-3-11-23)29(18-22)39-24-12-6-7-13-24/h4-5,8-9,14-18,23-24,27H,1-3,6-7,10-13,19H2,(H2,33,35). The number of primary amides is 1. The Kier molecular flexibility index (Phi) is 6.98. The molecule has 2 aliphatic carbocycles. The van der Waals surface area contributed by atoms with E-state index in [1.165, 1.54) is 11.3 Å². The first kappa shape index (κ1) is 25.4. The Morgan fingerprint density at radius 3 is 1.87 bits per heavy atom. The summed E-state index contributed by atoms with van der Waals surface area (Å²) in [7, 11) is 0. The summed E-state index contributed by atoms with van der Waals surface area (Å²) in [5, 5.41) is 1.75. The lowest BCUT2D eigenvalue weighted by molar-refractivity contribution is -0.118. The quantitative estimate of drug-likeness (QED) is 0.358. The molecule has 3 aliphatic rings. The highest BCUT2D eigenvalue weighted by molar-refractivity contribution is 6.23. The molecule has 3 amide bonds. The second-order valence-corrected chi connectivity index (χ2v) is 11.0. The molecule has 0 bridgehead atoms. The first-order valence-corrected chi connectivity index (χ1v) is 14.1. The predicted octanol–water partition coefficient (Wildman–Crippen LogP) is 6.09. The van der Waals surface area contributed by atoms with Gasteiger partial charge in [0.25, 0.3) is 11.8 Å². The fourth-order valence-electron chi connectivity index (χ4n) is 6.25. The van der Waals surface area contributed by atoms with Crippen LogP contribution < -0.4 is 15.2 Å². The summed E-state index contributed by atoms with van der Waals surface area (Å²) in [4.78, 5) is 40.7. The van der Waals surface area contributed by atoms with Crippen LogP contribution in [0.4, 0.5) is 0 Å². The van der Waals surface area contributed by atoms with Gasteiger partial charge in [0.05, 0.1) is 35.8 Å². The van der Waals surface area contributed by atoms with Crippen molar-refractivity contribution in [2.45, 2.75) is 82.5 Å². The zero-order valence-electron chi connectivity index (χ0n) is 22.1. The predicted molar refractivity (Wildman–Crippen MR) is 148 cm³/mol. The number of imide groups is 1. The summed E-state index contributed by atoms with van der Waals surface area (Å²) in [5.74, 6) is -0.172. The third-order valence-corrected chi connectivity index (χ3v) is 8.28. The number of ether oxygens (including phenoxy) is 2. The Labute approximate surface area is 228 Å². The van der Waals surface area contributed by atoms with E-state index in [0.29, 0.717) is 28.2 Å². The Morgan fingerprint density at radius 1 is 0.769 bits per heavy atom. The molecular weight excluding hydrogens is 492 g/mol. The van der Waals surface area contributed by atoms with Crippen LogP contribution in [0, 0.1) is 0 Å². The minimum absolute atomic E-state index is 0.0929. The van der Waals surface area contributed by atoms with Crippen LogP contribution in [0.1, 0.15) is 96.5 Å². The Bertz CT molecular complexity index is 1370. The van der Waals surface area contributed by atoms with Crippen LogP contribution >= 0.6 is 0 Å². The molecule has 3 aromatic carbocycles. The zero-order chi connectivity index (χ0) is 26.9. The molecule has 0 spiro atoms. The molecule has 0 saturated heterocycles. The smallest absolute Gasteiger partial charge is 0.262 e. The van der Waals surface area contributed by atoms with Gasteiger partial charge >= 0.3 is 0 Å². The van der Waals surface area contributed by atoms with Crippen LogP contribution in [-0.2, 0) is 4.79 Å². The minimum atomic E-state index is -0.854. The van der Waals surface area contributed by atoms with E-state index < -0.39 is 23.8 Å². The molecule has 1 aliphatic heterocycles. The SMILES string of the molecule is NC(=O)CC(c1ccc(OC2CCCCC2)c(OC2CCCC2)c1)N1C(=O)c2cc3ccccc3cc2C1=O. The van der Waals surface area contributed by atoms with Crippen molar-refractivity contribution in [3.05, 3.63) is 71.3 Å². The molecule has 1 unspecified atom stereocenters. The van der Waals surface area contributed by atoms with Crippen molar-refractivity contribution in [1.82, 2.24) is 4.90 Å². The molecule has 2 saturated carbocycles. The monoisotopic (exact) mass is 526 g/mol. The van der Waals surface area contributed by atoms with Gasteiger partial charge in [-0.25, -0.2) is 0 Å². The highest BCUT2D eigenvalue weighted by Gasteiger charge is 2.41. The number of carbonyl (C=O) groups excluding carboxylic acids is 3. The molecule has 0 radical (unpaired) electrons. The molecule has 3 aromatic rings. The number of nitrogens with zero attached hydrogens (tertiary/aromatic N) is 1. The summed E-state index contributed by atoms with van der Waals surface area (Å²) >= 11 is 0. The lowest BCUT2D eigenvalue weighted by Crippen LogP contribution is -2.36. The van der Waals surface area contributed by atoms with Crippen LogP contribution in [0.2, 0.25) is 0 Å². The van der Waals surface area contributed by atoms with E-state index in [2.05, 4.69) is 0 Å². The van der Waals surface area contributed by atoms with Gasteiger partial charge in [0.2, 0.25) is 5.91 Å². The average Bonchev–Trinajstić information content (AvgIpc) is 3.54. The molecule has 1 heterocycles. The van der Waals surface area contributed by atoms with Gasteiger partial charge in [-0.2, -0.15) is 0 Å². The van der Waals surface area contributed by atoms with Crippen molar-refractivity contribution in [3.63, 3.8) is 0 Å². The van der Waals surface area contributed by atoms with Crippen molar-refractivity contribution >= 4 is 28.5 Å². The molecule has 7 heteroatoms. The number of carbonyl (C=O) groups is 3. The summed E-state index contributed by atoms with van der Waals surface area (Å²) in [5.41, 5.74) is 6.96. The van der Waals surface area contributed by atoms with Crippen molar-refractivity contribution in [1.29, 1.82) is 0 Å². The number of rotatable bonds is 8. The first-order chi connectivity index (χ1) is 19.0. The van der Waals surface area contributed by atoms with E-state index in [1.807, 2.05) is 42.5 Å². The third-order valence-electron chi connectivity index (χ3n) is 8.28. The van der Waals surface area contributed by atoms with Gasteiger partial charge in [-0.1, -0.05) is 36.8 Å². The summed E-state index contributed by atoms with van der Waals surface area (Å²) in [6.07, 6.45) is 9.80. The highest BCUT2D eigenvalue weighted by atomic mass is 16.5. The first-order valence-electron chi connectivity index (χ1n) is 14.1. The minimum Gasteiger partial charge on any atom is -0.487 e. The average molecular weight is 527 g/mol. The molecular formula is C32H34N2O5. The molecule has 202 valence electrons. The Morgan fingerprint density at radius 2 is 1.31 bits per heavy atom. The topological polar surface area (TPSA) is 98.9 Å². The molecule has 6 rings (SSSR count). The highest BCUT2D eigenvalue weighted by Crippen LogP contribution is 2.40. The van der Waals surface area contributed by atoms with Gasteiger partial charge in [-0.05, 0) is 92.0 Å². The molecule has 1 atom stereocenters. The van der Waals surface area contributed by atoms with E-state index in [0.717, 1.165) is 62.1 Å². The van der Waals surface area contributed by atoms with Gasteiger partial charge in [-0.15, -0.1) is 0 Å². The van der Waals surface area contributed by atoms with Crippen molar-refractivity contribution in [2.75, 3.05) is 0 Å². The van der Waals surface area contributed by atoms with Gasteiger partial charge in [0.15, 0.2) is 11.5 Å². The van der Waals surface area contributed by atoms with Gasteiger partial charge in [-0.3, -0.25) is 19.3 Å². The summed E-state index contributed by atoms with van der Waals surface area (Å²) < 4.78 is 12.9. The van der Waals surface area contributed by atoms with Crippen LogP contribution in [-0.4, -0.2) is 34.8 Å². The second kappa shape index (κ2) is 10.7. The number of fused-ring (bicyclic) bond motifs is 2. The molecule has 0 aromatic heterocycles. The number of hydrogen-bond donors (Lipinski definition) is 1. The fraction of sp³-hybridized carbons (Fsp3) is 0.406. The number of amides is 3. The van der Waals surface area contributed by atoms with E-state index in [-0.39, 0.29) is 18.6 Å². The number of nitrogens with two attached hydrogens (primary N) is 1. The number of hydrogen-bond acceptors (Lipinski definition) is 5. The van der Waals surface area contributed by atoms with Crippen LogP contribution in [0.5, 0.6) is 11.5 Å². The van der Waals surface area contributed by atoms with Crippen LogP contribution in [0.3, 0.4) is 0 Å². The van der Waals surface area contributed by atoms with E-state index in [1.54, 1.807) is 12.1 Å². The Hall–Kier alpha value is -3.87. The fourth-order valence-corrected chi connectivity index (χ4v) is 6.25. The van der Waals surface area contributed by atoms with Gasteiger partial charge in [0.1, 0.15) is 0 Å². The van der Waals surface area contributed by atoms with Crippen molar-refractivity contribution in [2.24, 2.45) is 5.73 Å². The second-order valence-electron chi connectivity index (χ2n) is 11.0. The van der Waals surface area contributed by atoms with Crippen molar-refractivity contribution in [3.8, 4) is 11.5 Å². The van der Waals surface area contributed by atoms with E-state index in [4.69, 9.17) is 15.2 Å². The molecule has 7 nitrogen and oxygen atoms in total. The normalized spacial score (nSPS) is 18.9. The van der Waals surface area contributed by atoms with Crippen LogP contribution in [0.25, 0.3) is 10.8 Å². The maximum Gasteiger partial charge on any atom is 0.262 e. The lowest BCUT2D eigenvalue weighted by atomic mass is 9.97. The van der Waals surface area contributed by atoms with E-state index in [9.17, 15) is 14.4 Å². The van der Waals surface area contributed by atoms with E-state index >= 15 is 0 Å². The largest absolute Gasteiger partial charge is 0.487 e. The maximum atomic E-state index is 13.6. The number of benzene rings is 3. The molecule has 39 heavy (non-hydrogen) atoms. The zero-order valence-corrected chi connectivity index (χ0v) is 22.1. The lowest BCUT2D eigenvalue weighted by Gasteiger charge is -2.28. The summed E-state index contributed by atoms with van der Waals surface area (Å²) in [6.45, 7) is 0. The maximum absolute atomic E-state index is 13.6. The molecule has 2 N–H and O–H groups in total. The van der Waals surface area contributed by atoms with Gasteiger partial charge in [0, 0.05) is 0 Å². The summed E-state index contributed by atoms with van der Waals surface area (Å²) in [6, 6.07) is 15.8. The molecule has 2 fully saturated rings. The van der Waals surface area contributed by atoms with Crippen molar-refractivity contribution < 1.29 is 23.9 Å². The van der Waals surface area contributed by atoms with Gasteiger partial charge < -0.3 is 15.2 Å². The van der Waals surface area contributed by atoms with Crippen LogP contribution in [0.15, 0.2) is 54.6 Å².